The average Bonchev–Trinajstić information content (AvgIpc) is 1.84. The third-order valence-corrected chi connectivity index (χ3v) is 1.09. The summed E-state index contributed by atoms with van der Waals surface area (Å²) in [6.45, 7) is 1.32. The van der Waals surface area contributed by atoms with E-state index in [-0.39, 0.29) is 5.69 Å². The monoisotopic (exact) mass is 145 g/mol. The molecule has 0 unspecified atom stereocenters. The van der Waals surface area contributed by atoms with Crippen molar-refractivity contribution >= 4 is 0 Å². The fourth-order valence-corrected chi connectivity index (χ4v) is 0.542. The summed E-state index contributed by atoms with van der Waals surface area (Å²) in [6.07, 6.45) is 0. The van der Waals surface area contributed by atoms with Crippen molar-refractivity contribution in [3.05, 3.63) is 23.5 Å². The molecule has 10 heavy (non-hydrogen) atoms. The van der Waals surface area contributed by atoms with Crippen LogP contribution < -0.4 is 0 Å². The Morgan fingerprint density at radius 1 is 1.50 bits per heavy atom. The fraction of sp³-hybridized carbons (Fsp3) is 0.167. The highest BCUT2D eigenvalue weighted by Gasteiger charge is 2.05. The maximum Gasteiger partial charge on any atom is 0.255 e. The molecule has 0 fully saturated rings. The Balaban J connectivity index is 3.28. The molecule has 4 heteroatoms. The van der Waals surface area contributed by atoms with E-state index in [0.717, 1.165) is 0 Å². The highest BCUT2D eigenvalue weighted by molar-refractivity contribution is 5.20. The van der Waals surface area contributed by atoms with Crippen LogP contribution in [0.3, 0.4) is 0 Å². The molecule has 1 aromatic rings. The first-order chi connectivity index (χ1) is 4.61. The molecule has 0 aliphatic rings. The molecule has 1 N–H and O–H groups in total. The smallest absolute Gasteiger partial charge is 0.255 e. The van der Waals surface area contributed by atoms with Crippen molar-refractivity contribution in [2.45, 2.75) is 6.92 Å². The minimum Gasteiger partial charge on any atom is -0.504 e. The summed E-state index contributed by atoms with van der Waals surface area (Å²) in [6, 6.07) is 0.692. The minimum absolute atomic E-state index is 0.0599. The summed E-state index contributed by atoms with van der Waals surface area (Å²) >= 11 is 0. The predicted octanol–water partition coefficient (Wildman–Crippen LogP) is 1.37. The van der Waals surface area contributed by atoms with Crippen molar-refractivity contribution in [2.75, 3.05) is 0 Å². The van der Waals surface area contributed by atoms with Crippen LogP contribution in [0, 0.1) is 18.7 Å². The van der Waals surface area contributed by atoms with Gasteiger partial charge in [0, 0.05) is 6.07 Å². The summed E-state index contributed by atoms with van der Waals surface area (Å²) in [4.78, 5) is 3.08. The number of nitrogens with zero attached hydrogens (tertiary/aromatic N) is 1. The van der Waals surface area contributed by atoms with Crippen LogP contribution in [0.15, 0.2) is 6.07 Å². The molecular weight excluding hydrogens is 140 g/mol. The number of aromatic nitrogens is 1. The highest BCUT2D eigenvalue weighted by Crippen LogP contribution is 2.15. The standard InChI is InChI=1S/C6H5F2NO/c1-3-4(7)2-5(10)6(8)9-3/h2,10H,1H3. The second-order valence-electron chi connectivity index (χ2n) is 1.87. The Morgan fingerprint density at radius 3 is 2.60 bits per heavy atom. The number of aryl methyl sites for hydroxylation is 1. The maximum absolute atomic E-state index is 12.4. The zero-order chi connectivity index (χ0) is 7.72. The van der Waals surface area contributed by atoms with Gasteiger partial charge in [-0.15, -0.1) is 0 Å². The second-order valence-corrected chi connectivity index (χ2v) is 1.87. The summed E-state index contributed by atoms with van der Waals surface area (Å²) in [5.74, 6) is -2.51. The fourth-order valence-electron chi connectivity index (χ4n) is 0.542. The van der Waals surface area contributed by atoms with Crippen molar-refractivity contribution in [1.29, 1.82) is 0 Å². The summed E-state index contributed by atoms with van der Waals surface area (Å²) in [7, 11) is 0. The lowest BCUT2D eigenvalue weighted by Crippen LogP contribution is -1.91. The Morgan fingerprint density at radius 2 is 2.10 bits per heavy atom. The first kappa shape index (κ1) is 6.92. The van der Waals surface area contributed by atoms with E-state index in [1.54, 1.807) is 0 Å². The first-order valence-electron chi connectivity index (χ1n) is 2.63. The lowest BCUT2D eigenvalue weighted by atomic mass is 10.3. The Kier molecular flexibility index (Phi) is 1.53. The van der Waals surface area contributed by atoms with Gasteiger partial charge >= 0.3 is 0 Å². The van der Waals surface area contributed by atoms with Gasteiger partial charge in [0.25, 0.3) is 5.95 Å². The molecule has 0 aliphatic heterocycles. The SMILES string of the molecule is Cc1nc(F)c(O)cc1F. The first-order valence-corrected chi connectivity index (χ1v) is 2.63. The summed E-state index contributed by atoms with van der Waals surface area (Å²) in [5.41, 5.74) is -0.0599. The molecule has 2 nitrogen and oxygen atoms in total. The van der Waals surface area contributed by atoms with Gasteiger partial charge in [-0.1, -0.05) is 0 Å². The van der Waals surface area contributed by atoms with E-state index in [2.05, 4.69) is 4.98 Å². The molecule has 0 atom stereocenters. The van der Waals surface area contributed by atoms with E-state index < -0.39 is 17.5 Å². The molecular formula is C6H5F2NO. The lowest BCUT2D eigenvalue weighted by Gasteiger charge is -1.96. The van der Waals surface area contributed by atoms with Crippen molar-refractivity contribution in [1.82, 2.24) is 4.98 Å². The van der Waals surface area contributed by atoms with Gasteiger partial charge in [-0.2, -0.15) is 4.39 Å². The van der Waals surface area contributed by atoms with E-state index in [0.29, 0.717) is 6.07 Å². The van der Waals surface area contributed by atoms with E-state index in [1.807, 2.05) is 0 Å². The zero-order valence-corrected chi connectivity index (χ0v) is 5.23. The van der Waals surface area contributed by atoms with Crippen LogP contribution in [0.25, 0.3) is 0 Å². The van der Waals surface area contributed by atoms with E-state index >= 15 is 0 Å². The molecule has 54 valence electrons. The average molecular weight is 145 g/mol. The van der Waals surface area contributed by atoms with Crippen molar-refractivity contribution in [3.63, 3.8) is 0 Å². The second kappa shape index (κ2) is 2.21. The van der Waals surface area contributed by atoms with E-state index in [4.69, 9.17) is 5.11 Å². The quantitative estimate of drug-likeness (QED) is 0.559. The third kappa shape index (κ3) is 1.05. The molecule has 0 aromatic carbocycles. The highest BCUT2D eigenvalue weighted by atomic mass is 19.1. The zero-order valence-electron chi connectivity index (χ0n) is 5.23. The lowest BCUT2D eigenvalue weighted by molar-refractivity contribution is 0.409. The van der Waals surface area contributed by atoms with Crippen LogP contribution in [0.2, 0.25) is 0 Å². The molecule has 0 bridgehead atoms. The van der Waals surface area contributed by atoms with Gasteiger partial charge in [0.1, 0.15) is 5.82 Å². The van der Waals surface area contributed by atoms with Gasteiger partial charge in [0.2, 0.25) is 0 Å². The van der Waals surface area contributed by atoms with Gasteiger partial charge in [-0.25, -0.2) is 9.37 Å². The number of hydrogen-bond acceptors (Lipinski definition) is 2. The normalized spacial score (nSPS) is 9.90. The molecule has 0 spiro atoms. The predicted molar refractivity (Wildman–Crippen MR) is 30.6 cm³/mol. The van der Waals surface area contributed by atoms with E-state index in [9.17, 15) is 8.78 Å². The molecule has 0 saturated carbocycles. The Hall–Kier alpha value is -1.19. The van der Waals surface area contributed by atoms with Gasteiger partial charge < -0.3 is 5.11 Å². The third-order valence-electron chi connectivity index (χ3n) is 1.09. The van der Waals surface area contributed by atoms with Crippen molar-refractivity contribution in [2.24, 2.45) is 0 Å². The molecule has 1 rings (SSSR count). The van der Waals surface area contributed by atoms with Crippen LogP contribution in [0.5, 0.6) is 5.75 Å². The molecule has 0 radical (unpaired) electrons. The topological polar surface area (TPSA) is 33.1 Å². The molecule has 1 aromatic heterocycles. The van der Waals surface area contributed by atoms with Crippen LogP contribution >= 0.6 is 0 Å². The van der Waals surface area contributed by atoms with Gasteiger partial charge in [0.05, 0.1) is 5.69 Å². The van der Waals surface area contributed by atoms with Gasteiger partial charge in [-0.3, -0.25) is 0 Å². The van der Waals surface area contributed by atoms with Crippen molar-refractivity contribution < 1.29 is 13.9 Å². The Bertz CT molecular complexity index is 212. The maximum atomic E-state index is 12.4. The number of hydrogen-bond donors (Lipinski definition) is 1. The van der Waals surface area contributed by atoms with E-state index in [1.165, 1.54) is 6.92 Å². The number of halogens is 2. The summed E-state index contributed by atoms with van der Waals surface area (Å²) in [5, 5.41) is 8.55. The number of rotatable bonds is 0. The van der Waals surface area contributed by atoms with Gasteiger partial charge in [0.15, 0.2) is 5.75 Å². The molecule has 1 heterocycles. The van der Waals surface area contributed by atoms with Crippen molar-refractivity contribution in [3.8, 4) is 5.75 Å². The van der Waals surface area contributed by atoms with Crippen LogP contribution in [-0.2, 0) is 0 Å². The Labute approximate surface area is 56.1 Å². The van der Waals surface area contributed by atoms with Crippen LogP contribution in [-0.4, -0.2) is 10.1 Å². The molecule has 0 amide bonds. The number of pyridine rings is 1. The van der Waals surface area contributed by atoms with Crippen LogP contribution in [0.1, 0.15) is 5.69 Å². The van der Waals surface area contributed by atoms with Gasteiger partial charge in [-0.05, 0) is 6.92 Å². The summed E-state index contributed by atoms with van der Waals surface area (Å²) < 4.78 is 24.6. The molecule has 0 saturated heterocycles. The van der Waals surface area contributed by atoms with Crippen LogP contribution in [0.4, 0.5) is 8.78 Å². The largest absolute Gasteiger partial charge is 0.504 e. The molecule has 0 aliphatic carbocycles. The minimum atomic E-state index is -1.04. The number of aromatic hydroxyl groups is 1.